The minimum Gasteiger partial charge on any atom is -0.396 e. The van der Waals surface area contributed by atoms with Gasteiger partial charge in [-0.3, -0.25) is 9.59 Å². The van der Waals surface area contributed by atoms with Crippen molar-refractivity contribution in [2.45, 2.75) is 167 Å². The van der Waals surface area contributed by atoms with E-state index in [0.717, 1.165) is 64.2 Å². The molecule has 6 heteroatoms. The van der Waals surface area contributed by atoms with Crippen LogP contribution in [0.15, 0.2) is 0 Å². The first-order chi connectivity index (χ1) is 20.9. The minimum absolute atomic E-state index is 0.0546. The lowest BCUT2D eigenvalue weighted by atomic mass is 9.33. The molecule has 0 heterocycles. The summed E-state index contributed by atoms with van der Waals surface area (Å²) in [5, 5.41) is 21.4. The number of nitrogens with two attached hydrogens (primary N) is 2. The summed E-state index contributed by atoms with van der Waals surface area (Å²) in [5.41, 5.74) is 11.6. The topological polar surface area (TPSA) is 127 Å². The van der Waals surface area contributed by atoms with Gasteiger partial charge in [0.05, 0.1) is 0 Å². The van der Waals surface area contributed by atoms with Gasteiger partial charge in [0.25, 0.3) is 0 Å². The van der Waals surface area contributed by atoms with Crippen LogP contribution in [0, 0.1) is 39.9 Å². The van der Waals surface area contributed by atoms with E-state index in [4.69, 9.17) is 11.5 Å². The third-order valence-electron chi connectivity index (χ3n) is 13.6. The van der Waals surface area contributed by atoms with Crippen molar-refractivity contribution in [3.8, 4) is 0 Å². The zero-order chi connectivity index (χ0) is 30.8. The van der Waals surface area contributed by atoms with Crippen LogP contribution in [0.2, 0.25) is 0 Å². The van der Waals surface area contributed by atoms with Crippen LogP contribution in [0.3, 0.4) is 0 Å². The molecule has 0 radical (unpaired) electrons. The molecule has 4 saturated carbocycles. The molecule has 0 spiro atoms. The fraction of sp³-hybridized carbons (Fsp3) is 0.946. The molecule has 6 nitrogen and oxygen atoms in total. The van der Waals surface area contributed by atoms with Crippen LogP contribution in [-0.4, -0.2) is 35.2 Å². The monoisotopic (exact) mass is 603 g/mol. The SMILES string of the molecule is NC(=O)CC(C1CCCCC1)(C1CCCCC1)C(CCO)(CCCCO)C(CC(N)=O)(C1CCCCC1)C1CCCCC1. The summed E-state index contributed by atoms with van der Waals surface area (Å²) in [6, 6.07) is 0. The third-order valence-corrected chi connectivity index (χ3v) is 13.6. The first-order valence-corrected chi connectivity index (χ1v) is 18.7. The quantitative estimate of drug-likeness (QED) is 0.136. The number of amides is 2. The zero-order valence-corrected chi connectivity index (χ0v) is 27.5. The van der Waals surface area contributed by atoms with Gasteiger partial charge >= 0.3 is 0 Å². The number of hydrogen-bond donors (Lipinski definition) is 4. The van der Waals surface area contributed by atoms with Gasteiger partial charge in [-0.2, -0.15) is 0 Å². The number of unbranched alkanes of at least 4 members (excludes halogenated alkanes) is 1. The Morgan fingerprint density at radius 2 is 0.814 bits per heavy atom. The number of hydrogen-bond acceptors (Lipinski definition) is 4. The molecule has 2 amide bonds. The van der Waals surface area contributed by atoms with Gasteiger partial charge in [0.1, 0.15) is 0 Å². The molecule has 0 aromatic rings. The molecule has 0 unspecified atom stereocenters. The lowest BCUT2D eigenvalue weighted by molar-refractivity contribution is -0.233. The third kappa shape index (κ3) is 7.16. The molecule has 0 aliphatic heterocycles. The first kappa shape index (κ1) is 34.7. The highest BCUT2D eigenvalue weighted by atomic mass is 16.3. The molecule has 4 fully saturated rings. The van der Waals surface area contributed by atoms with Crippen molar-refractivity contribution in [1.29, 1.82) is 0 Å². The second kappa shape index (κ2) is 16.4. The minimum atomic E-state index is -0.442. The summed E-state index contributed by atoms with van der Waals surface area (Å²) < 4.78 is 0. The number of carbonyl (C=O) groups is 2. The van der Waals surface area contributed by atoms with E-state index in [0.29, 0.717) is 49.4 Å². The Labute approximate surface area is 262 Å². The predicted octanol–water partition coefficient (Wildman–Crippen LogP) is 7.56. The van der Waals surface area contributed by atoms with Crippen LogP contribution in [0.25, 0.3) is 0 Å². The van der Waals surface area contributed by atoms with Crippen molar-refractivity contribution < 1.29 is 19.8 Å². The van der Waals surface area contributed by atoms with Crippen LogP contribution in [0.4, 0.5) is 0 Å². The molecule has 4 aliphatic carbocycles. The Morgan fingerprint density at radius 1 is 0.488 bits per heavy atom. The molecule has 6 N–H and O–H groups in total. The fourth-order valence-electron chi connectivity index (χ4n) is 12.4. The summed E-state index contributed by atoms with van der Waals surface area (Å²) in [7, 11) is 0. The van der Waals surface area contributed by atoms with E-state index in [2.05, 4.69) is 0 Å². The van der Waals surface area contributed by atoms with Crippen molar-refractivity contribution >= 4 is 11.8 Å². The average Bonchev–Trinajstić information content (AvgIpc) is 3.03. The lowest BCUT2D eigenvalue weighted by Crippen LogP contribution is -2.66. The van der Waals surface area contributed by atoms with Crippen molar-refractivity contribution in [1.82, 2.24) is 0 Å². The zero-order valence-electron chi connectivity index (χ0n) is 27.5. The highest BCUT2D eigenvalue weighted by molar-refractivity contribution is 5.76. The Balaban J connectivity index is 2.11. The van der Waals surface area contributed by atoms with Crippen molar-refractivity contribution in [2.24, 2.45) is 51.4 Å². The molecule has 0 aromatic heterocycles. The maximum absolute atomic E-state index is 13.6. The molecule has 0 bridgehead atoms. The van der Waals surface area contributed by atoms with E-state index < -0.39 is 5.41 Å². The van der Waals surface area contributed by atoms with Crippen molar-refractivity contribution in [3.05, 3.63) is 0 Å². The standard InChI is InChI=1S/C37H66N2O4/c38-33(42)27-36(29-15-5-1-6-16-29,30-17-7-2-8-18-30)35(24-26-41,23-13-14-25-40)37(28-34(39)43,31-19-9-3-10-20-31)32-21-11-4-12-22-32/h29-32,40-41H,1-28H2,(H2,38,42)(H2,39,43). The van der Waals surface area contributed by atoms with Crippen LogP contribution in [0.1, 0.15) is 167 Å². The van der Waals surface area contributed by atoms with E-state index in [1.165, 1.54) is 77.0 Å². The summed E-state index contributed by atoms with van der Waals surface area (Å²) in [4.78, 5) is 27.2. The molecule has 248 valence electrons. The molecular formula is C37H66N2O4. The van der Waals surface area contributed by atoms with E-state index >= 15 is 0 Å². The predicted molar refractivity (Wildman–Crippen MR) is 174 cm³/mol. The Morgan fingerprint density at radius 3 is 1.07 bits per heavy atom. The van der Waals surface area contributed by atoms with Crippen LogP contribution in [-0.2, 0) is 9.59 Å². The highest BCUT2D eigenvalue weighted by Gasteiger charge is 2.69. The fourth-order valence-corrected chi connectivity index (χ4v) is 12.4. The van der Waals surface area contributed by atoms with Crippen molar-refractivity contribution in [3.63, 3.8) is 0 Å². The number of rotatable bonds is 16. The second-order valence-corrected chi connectivity index (χ2v) is 15.4. The summed E-state index contributed by atoms with van der Waals surface area (Å²) in [6.45, 7) is 0.194. The van der Waals surface area contributed by atoms with Gasteiger partial charge < -0.3 is 21.7 Å². The van der Waals surface area contributed by atoms with Crippen LogP contribution < -0.4 is 11.5 Å². The molecule has 4 aliphatic rings. The van der Waals surface area contributed by atoms with Gasteiger partial charge in [-0.25, -0.2) is 0 Å². The molecule has 43 heavy (non-hydrogen) atoms. The molecular weight excluding hydrogens is 536 g/mol. The number of carbonyl (C=O) groups excluding carboxylic acids is 2. The van der Waals surface area contributed by atoms with Gasteiger partial charge in [0.15, 0.2) is 0 Å². The molecule has 0 saturated heterocycles. The average molecular weight is 603 g/mol. The maximum Gasteiger partial charge on any atom is 0.218 e. The van der Waals surface area contributed by atoms with Crippen molar-refractivity contribution in [2.75, 3.05) is 13.2 Å². The van der Waals surface area contributed by atoms with Gasteiger partial charge in [0.2, 0.25) is 11.8 Å². The van der Waals surface area contributed by atoms with E-state index in [1.54, 1.807) is 0 Å². The van der Waals surface area contributed by atoms with Crippen LogP contribution in [0.5, 0.6) is 0 Å². The number of aliphatic hydroxyl groups excluding tert-OH is 2. The smallest absolute Gasteiger partial charge is 0.218 e. The lowest BCUT2D eigenvalue weighted by Gasteiger charge is -2.71. The Hall–Kier alpha value is -1.14. The number of aliphatic hydroxyl groups is 2. The Bertz CT molecular complexity index is 755. The van der Waals surface area contributed by atoms with E-state index in [1.807, 2.05) is 0 Å². The second-order valence-electron chi connectivity index (χ2n) is 15.4. The number of primary amides is 2. The maximum atomic E-state index is 13.6. The molecule has 4 rings (SSSR count). The van der Waals surface area contributed by atoms with Gasteiger partial charge in [0, 0.05) is 26.1 Å². The normalized spacial score (nSPS) is 22.9. The largest absolute Gasteiger partial charge is 0.396 e. The first-order valence-electron chi connectivity index (χ1n) is 18.7. The summed E-state index contributed by atoms with van der Waals surface area (Å²) in [5.74, 6) is 1.02. The summed E-state index contributed by atoms with van der Waals surface area (Å²) >= 11 is 0. The highest BCUT2D eigenvalue weighted by Crippen LogP contribution is 2.74. The van der Waals surface area contributed by atoms with Crippen LogP contribution >= 0.6 is 0 Å². The van der Waals surface area contributed by atoms with Gasteiger partial charge in [-0.1, -0.05) is 83.5 Å². The molecule has 0 aromatic carbocycles. The van der Waals surface area contributed by atoms with E-state index in [9.17, 15) is 19.8 Å². The summed E-state index contributed by atoms with van der Waals surface area (Å²) in [6.07, 6.45) is 27.0. The molecule has 0 atom stereocenters. The van der Waals surface area contributed by atoms with Gasteiger partial charge in [-0.05, 0) is 111 Å². The Kier molecular flexibility index (Phi) is 13.3. The van der Waals surface area contributed by atoms with Gasteiger partial charge in [-0.15, -0.1) is 0 Å². The van der Waals surface area contributed by atoms with E-state index in [-0.39, 0.29) is 35.9 Å².